The Hall–Kier alpha value is -5.24. The lowest BCUT2D eigenvalue weighted by atomic mass is 9.60. The molecule has 4 unspecified atom stereocenters. The Morgan fingerprint density at radius 3 is 2.40 bits per heavy atom. The third kappa shape index (κ3) is 4.21. The minimum absolute atomic E-state index is 0.445. The Bertz CT molecular complexity index is 1860. The molecule has 4 atom stereocenters. The van der Waals surface area contributed by atoms with Crippen LogP contribution < -0.4 is 14.8 Å². The molecule has 0 fully saturated rings. The third-order valence-corrected chi connectivity index (χ3v) is 8.75. The number of ether oxygens (including phenoxy) is 2. The summed E-state index contributed by atoms with van der Waals surface area (Å²) in [5, 5.41) is 9.89. The highest BCUT2D eigenvalue weighted by atomic mass is 16.5. The number of amides is 3. The maximum absolute atomic E-state index is 14.3. The fourth-order valence-electron chi connectivity index (χ4n) is 6.66. The van der Waals surface area contributed by atoms with Crippen LogP contribution in [0.25, 0.3) is 16.3 Å². The molecular formula is C35H29N3O5. The van der Waals surface area contributed by atoms with Gasteiger partial charge in [0.05, 0.1) is 24.7 Å². The first kappa shape index (κ1) is 26.6. The molecule has 8 heteroatoms. The number of nitrogens with one attached hydrogen (secondary N) is 1. The maximum atomic E-state index is 14.3. The standard InChI is InChI=1S/C35H29N3O5/c1-19-8-10-22(11-9-19)31-30-28(33(39)38(37-31)35(41)36-2)26(21-12-15-23(42-3)16-13-21)18-27-25-17-14-20-6-4-5-7-24(20)32(25)43-34(40)29(27)30/h4-18,26,28-30H,1-3H3,(H,36,41). The van der Waals surface area contributed by atoms with Gasteiger partial charge in [0.2, 0.25) is 0 Å². The molecule has 7 rings (SSSR count). The molecule has 0 saturated carbocycles. The molecule has 3 amide bonds. The van der Waals surface area contributed by atoms with E-state index in [1.54, 1.807) is 7.11 Å². The van der Waals surface area contributed by atoms with Crippen molar-refractivity contribution in [2.75, 3.05) is 14.2 Å². The Balaban J connectivity index is 1.50. The summed E-state index contributed by atoms with van der Waals surface area (Å²) in [7, 11) is 3.06. The number of carbonyl (C=O) groups excluding carboxylic acids is 3. The van der Waals surface area contributed by atoms with E-state index in [0.29, 0.717) is 17.2 Å². The van der Waals surface area contributed by atoms with Gasteiger partial charge in [-0.25, -0.2) is 4.79 Å². The Morgan fingerprint density at radius 2 is 1.67 bits per heavy atom. The molecule has 43 heavy (non-hydrogen) atoms. The molecule has 0 aromatic heterocycles. The monoisotopic (exact) mass is 571 g/mol. The van der Waals surface area contributed by atoms with Crippen molar-refractivity contribution in [2.24, 2.45) is 22.9 Å². The highest BCUT2D eigenvalue weighted by Gasteiger charge is 2.56. The van der Waals surface area contributed by atoms with E-state index in [1.165, 1.54) is 7.05 Å². The summed E-state index contributed by atoms with van der Waals surface area (Å²) in [6, 6.07) is 26.5. The van der Waals surface area contributed by atoms with Gasteiger partial charge in [0.25, 0.3) is 5.91 Å². The van der Waals surface area contributed by atoms with Gasteiger partial charge in [-0.3, -0.25) is 9.59 Å². The number of esters is 1. The summed E-state index contributed by atoms with van der Waals surface area (Å²) < 4.78 is 11.5. The number of carbonyl (C=O) groups is 3. The SMILES string of the molecule is CNC(=O)N1N=C(c2ccc(C)cc2)C2C3C(=O)Oc4c(ccc5ccccc45)C3=CC(c3ccc(OC)cc3)C2C1=O. The topological polar surface area (TPSA) is 97.3 Å². The lowest BCUT2D eigenvalue weighted by Gasteiger charge is -2.46. The van der Waals surface area contributed by atoms with Crippen molar-refractivity contribution in [3.8, 4) is 11.5 Å². The van der Waals surface area contributed by atoms with Crippen molar-refractivity contribution in [1.82, 2.24) is 10.3 Å². The Labute approximate surface area is 248 Å². The molecule has 4 aromatic rings. The van der Waals surface area contributed by atoms with Gasteiger partial charge in [0, 0.05) is 29.8 Å². The van der Waals surface area contributed by atoms with E-state index in [-0.39, 0.29) is 0 Å². The fourth-order valence-corrected chi connectivity index (χ4v) is 6.66. The second-order valence-electron chi connectivity index (χ2n) is 11.1. The highest BCUT2D eigenvalue weighted by Crippen LogP contribution is 2.54. The summed E-state index contributed by atoms with van der Waals surface area (Å²) in [6.07, 6.45) is 2.01. The number of rotatable bonds is 3. The molecule has 0 radical (unpaired) electrons. The average molecular weight is 572 g/mol. The molecule has 1 N–H and O–H groups in total. The molecule has 8 nitrogen and oxygen atoms in total. The quantitative estimate of drug-likeness (QED) is 0.252. The van der Waals surface area contributed by atoms with E-state index >= 15 is 0 Å². The number of nitrogens with zero attached hydrogens (tertiary/aromatic N) is 2. The molecule has 2 aliphatic heterocycles. The van der Waals surface area contributed by atoms with E-state index in [2.05, 4.69) is 10.4 Å². The summed E-state index contributed by atoms with van der Waals surface area (Å²) in [5.41, 5.74) is 4.73. The van der Waals surface area contributed by atoms with Crippen molar-refractivity contribution in [3.05, 3.63) is 113 Å². The van der Waals surface area contributed by atoms with Gasteiger partial charge < -0.3 is 14.8 Å². The van der Waals surface area contributed by atoms with Crippen LogP contribution in [0.2, 0.25) is 0 Å². The van der Waals surface area contributed by atoms with Gasteiger partial charge in [0.1, 0.15) is 11.5 Å². The van der Waals surface area contributed by atoms with Crippen molar-refractivity contribution >= 4 is 40.0 Å². The second kappa shape index (κ2) is 10.2. The first-order valence-corrected chi connectivity index (χ1v) is 14.2. The zero-order valence-electron chi connectivity index (χ0n) is 23.9. The molecule has 214 valence electrons. The van der Waals surface area contributed by atoms with Crippen LogP contribution >= 0.6 is 0 Å². The minimum Gasteiger partial charge on any atom is -0.497 e. The highest BCUT2D eigenvalue weighted by molar-refractivity contribution is 6.15. The number of hydrazone groups is 1. The van der Waals surface area contributed by atoms with Gasteiger partial charge in [-0.15, -0.1) is 5.01 Å². The van der Waals surface area contributed by atoms with Crippen LogP contribution in [0.3, 0.4) is 0 Å². The summed E-state index contributed by atoms with van der Waals surface area (Å²) in [5.74, 6) is -2.48. The molecule has 1 aliphatic carbocycles. The van der Waals surface area contributed by atoms with Crippen molar-refractivity contribution < 1.29 is 23.9 Å². The van der Waals surface area contributed by atoms with Gasteiger partial charge in [-0.05, 0) is 41.1 Å². The fraction of sp³-hybridized carbons (Fsp3) is 0.200. The zero-order chi connectivity index (χ0) is 29.8. The van der Waals surface area contributed by atoms with Crippen LogP contribution in [0.4, 0.5) is 4.79 Å². The number of aryl methyl sites for hydroxylation is 1. The van der Waals surface area contributed by atoms with Gasteiger partial charge in [0.15, 0.2) is 0 Å². The largest absolute Gasteiger partial charge is 0.497 e. The normalized spacial score (nSPS) is 22.4. The van der Waals surface area contributed by atoms with Crippen LogP contribution in [-0.2, 0) is 9.59 Å². The van der Waals surface area contributed by atoms with Crippen LogP contribution in [-0.4, -0.2) is 42.8 Å². The van der Waals surface area contributed by atoms with E-state index in [0.717, 1.165) is 43.6 Å². The van der Waals surface area contributed by atoms with E-state index < -0.39 is 41.6 Å². The van der Waals surface area contributed by atoms with E-state index in [4.69, 9.17) is 9.47 Å². The Morgan fingerprint density at radius 1 is 0.930 bits per heavy atom. The number of methoxy groups -OCH3 is 1. The predicted octanol–water partition coefficient (Wildman–Crippen LogP) is 5.69. The lowest BCUT2D eigenvalue weighted by Crippen LogP contribution is -2.56. The number of urea groups is 1. The second-order valence-corrected chi connectivity index (χ2v) is 11.1. The van der Waals surface area contributed by atoms with Crippen LogP contribution in [0.15, 0.2) is 96.1 Å². The maximum Gasteiger partial charge on any atom is 0.344 e. The van der Waals surface area contributed by atoms with Gasteiger partial charge >= 0.3 is 12.0 Å². The van der Waals surface area contributed by atoms with Crippen molar-refractivity contribution in [3.63, 3.8) is 0 Å². The van der Waals surface area contributed by atoms with E-state index in [1.807, 2.05) is 97.9 Å². The van der Waals surface area contributed by atoms with Gasteiger partial charge in [-0.1, -0.05) is 84.4 Å². The number of hydrogen-bond donors (Lipinski definition) is 1. The molecule has 0 saturated heterocycles. The molecule has 2 heterocycles. The molecule has 4 aromatic carbocycles. The number of allylic oxidation sites excluding steroid dienone is 1. The molecule has 0 bridgehead atoms. The predicted molar refractivity (Wildman–Crippen MR) is 163 cm³/mol. The smallest absolute Gasteiger partial charge is 0.344 e. The molecular weight excluding hydrogens is 542 g/mol. The van der Waals surface area contributed by atoms with Crippen LogP contribution in [0.1, 0.15) is 28.2 Å². The van der Waals surface area contributed by atoms with Gasteiger partial charge in [-0.2, -0.15) is 5.10 Å². The third-order valence-electron chi connectivity index (χ3n) is 8.75. The van der Waals surface area contributed by atoms with Crippen molar-refractivity contribution in [2.45, 2.75) is 12.8 Å². The number of hydrogen-bond acceptors (Lipinski definition) is 6. The van der Waals surface area contributed by atoms with Crippen molar-refractivity contribution in [1.29, 1.82) is 0 Å². The minimum atomic E-state index is -0.803. The summed E-state index contributed by atoms with van der Waals surface area (Å²) in [6.45, 7) is 1.98. The van der Waals surface area contributed by atoms with Crippen LogP contribution in [0.5, 0.6) is 11.5 Å². The summed E-state index contributed by atoms with van der Waals surface area (Å²) >= 11 is 0. The zero-order valence-corrected chi connectivity index (χ0v) is 23.9. The number of benzene rings is 4. The first-order chi connectivity index (χ1) is 20.9. The molecule has 3 aliphatic rings. The average Bonchev–Trinajstić information content (AvgIpc) is 3.04. The lowest BCUT2D eigenvalue weighted by molar-refractivity contribution is -0.142. The molecule has 0 spiro atoms. The number of fused-ring (bicyclic) bond motifs is 7. The summed E-state index contributed by atoms with van der Waals surface area (Å²) in [4.78, 5) is 41.3. The van der Waals surface area contributed by atoms with Crippen LogP contribution in [0, 0.1) is 24.7 Å². The first-order valence-electron chi connectivity index (χ1n) is 14.2. The Kier molecular flexibility index (Phi) is 6.34. The van der Waals surface area contributed by atoms with E-state index in [9.17, 15) is 14.4 Å². The number of imide groups is 1.